The lowest BCUT2D eigenvalue weighted by atomic mass is 10.2. The van der Waals surface area contributed by atoms with Gasteiger partial charge in [-0.3, -0.25) is 4.40 Å². The number of ether oxygens (including phenoxy) is 2. The Morgan fingerprint density at radius 2 is 2.00 bits per heavy atom. The first-order valence-electron chi connectivity index (χ1n) is 7.03. The van der Waals surface area contributed by atoms with Crippen LogP contribution in [0.3, 0.4) is 0 Å². The van der Waals surface area contributed by atoms with Gasteiger partial charge in [-0.25, -0.2) is 9.78 Å². The third kappa shape index (κ3) is 3.14. The summed E-state index contributed by atoms with van der Waals surface area (Å²) in [4.78, 5) is 16.8. The summed E-state index contributed by atoms with van der Waals surface area (Å²) in [5.74, 6) is 0.263. The van der Waals surface area contributed by atoms with Crippen LogP contribution < -0.4 is 4.74 Å². The van der Waals surface area contributed by atoms with Crippen LogP contribution in [0.15, 0.2) is 42.6 Å². The van der Waals surface area contributed by atoms with Crippen molar-refractivity contribution in [1.82, 2.24) is 9.38 Å². The maximum absolute atomic E-state index is 12.4. The molecular formula is C17H15ClN2O3. The second-order valence-electron chi connectivity index (χ2n) is 5.04. The third-order valence-electron chi connectivity index (χ3n) is 3.48. The second kappa shape index (κ2) is 6.30. The normalized spacial score (nSPS) is 10.7. The lowest BCUT2D eigenvalue weighted by Gasteiger charge is -2.06. The Bertz CT molecular complexity index is 856. The van der Waals surface area contributed by atoms with Crippen LogP contribution in [-0.2, 0) is 11.3 Å². The van der Waals surface area contributed by atoms with E-state index in [1.54, 1.807) is 48.9 Å². The first-order valence-corrected chi connectivity index (χ1v) is 7.40. The first kappa shape index (κ1) is 15.4. The molecule has 0 unspecified atom stereocenters. The minimum Gasteiger partial charge on any atom is -0.497 e. The zero-order valence-corrected chi connectivity index (χ0v) is 13.5. The Balaban J connectivity index is 1.83. The van der Waals surface area contributed by atoms with Crippen molar-refractivity contribution in [2.75, 3.05) is 7.11 Å². The van der Waals surface area contributed by atoms with Gasteiger partial charge in [-0.2, -0.15) is 0 Å². The van der Waals surface area contributed by atoms with Gasteiger partial charge in [0, 0.05) is 17.3 Å². The number of carbonyl (C=O) groups is 1. The van der Waals surface area contributed by atoms with Crippen LogP contribution in [0.5, 0.6) is 5.75 Å². The number of esters is 1. The highest BCUT2D eigenvalue weighted by atomic mass is 35.5. The van der Waals surface area contributed by atoms with Crippen LogP contribution in [0.4, 0.5) is 0 Å². The van der Waals surface area contributed by atoms with Crippen LogP contribution in [0.2, 0.25) is 5.02 Å². The van der Waals surface area contributed by atoms with Crippen LogP contribution in [0.25, 0.3) is 5.65 Å². The zero-order valence-electron chi connectivity index (χ0n) is 12.7. The van der Waals surface area contributed by atoms with Crippen LogP contribution in [0.1, 0.15) is 21.7 Å². The van der Waals surface area contributed by atoms with E-state index in [0.717, 1.165) is 5.56 Å². The Kier molecular flexibility index (Phi) is 4.21. The molecule has 6 heteroatoms. The highest BCUT2D eigenvalue weighted by Gasteiger charge is 2.18. The van der Waals surface area contributed by atoms with Gasteiger partial charge in [-0.1, -0.05) is 23.7 Å². The maximum Gasteiger partial charge on any atom is 0.357 e. The number of aryl methyl sites for hydroxylation is 1. The number of pyridine rings is 1. The summed E-state index contributed by atoms with van der Waals surface area (Å²) in [5.41, 5.74) is 2.53. The highest BCUT2D eigenvalue weighted by Crippen LogP contribution is 2.19. The van der Waals surface area contributed by atoms with E-state index in [1.165, 1.54) is 0 Å². The minimum atomic E-state index is -0.421. The number of aromatic nitrogens is 2. The van der Waals surface area contributed by atoms with E-state index in [0.29, 0.717) is 27.8 Å². The molecular weight excluding hydrogens is 316 g/mol. The summed E-state index contributed by atoms with van der Waals surface area (Å²) in [6.45, 7) is 1.96. The Labute approximate surface area is 138 Å². The molecule has 2 heterocycles. The van der Waals surface area contributed by atoms with E-state index in [2.05, 4.69) is 4.98 Å². The Morgan fingerprint density at radius 1 is 1.26 bits per heavy atom. The van der Waals surface area contributed by atoms with E-state index in [4.69, 9.17) is 21.1 Å². The summed E-state index contributed by atoms with van der Waals surface area (Å²) in [6, 6.07) is 10.7. The molecule has 0 saturated carbocycles. The molecule has 2 aromatic heterocycles. The molecule has 23 heavy (non-hydrogen) atoms. The second-order valence-corrected chi connectivity index (χ2v) is 5.48. The molecule has 3 rings (SSSR count). The number of benzene rings is 1. The molecule has 0 aliphatic carbocycles. The van der Waals surface area contributed by atoms with Crippen molar-refractivity contribution in [1.29, 1.82) is 0 Å². The van der Waals surface area contributed by atoms with Crippen LogP contribution in [0, 0.1) is 6.92 Å². The lowest BCUT2D eigenvalue weighted by molar-refractivity contribution is 0.0463. The smallest absolute Gasteiger partial charge is 0.357 e. The first-order chi connectivity index (χ1) is 11.1. The van der Waals surface area contributed by atoms with Crippen molar-refractivity contribution in [3.8, 4) is 5.75 Å². The fourth-order valence-corrected chi connectivity index (χ4v) is 2.44. The van der Waals surface area contributed by atoms with Crippen molar-refractivity contribution in [3.63, 3.8) is 0 Å². The van der Waals surface area contributed by atoms with Crippen LogP contribution in [-0.4, -0.2) is 22.5 Å². The molecule has 0 aliphatic heterocycles. The Morgan fingerprint density at radius 3 is 2.70 bits per heavy atom. The molecule has 0 fully saturated rings. The molecule has 5 nitrogen and oxygen atoms in total. The third-order valence-corrected chi connectivity index (χ3v) is 3.74. The molecule has 0 spiro atoms. The predicted octanol–water partition coefficient (Wildman–Crippen LogP) is 3.66. The van der Waals surface area contributed by atoms with Crippen molar-refractivity contribution < 1.29 is 14.3 Å². The number of hydrogen-bond donors (Lipinski definition) is 0. The number of carbonyl (C=O) groups excluding carboxylic acids is 1. The molecule has 1 aromatic carbocycles. The summed E-state index contributed by atoms with van der Waals surface area (Å²) in [5, 5.41) is 0.645. The monoisotopic (exact) mass is 330 g/mol. The number of halogens is 1. The number of imidazole rings is 1. The topological polar surface area (TPSA) is 52.8 Å². The minimum absolute atomic E-state index is 0.179. The molecule has 118 valence electrons. The Hall–Kier alpha value is -2.53. The average Bonchev–Trinajstić information content (AvgIpc) is 2.88. The average molecular weight is 331 g/mol. The van der Waals surface area contributed by atoms with E-state index in [-0.39, 0.29) is 6.61 Å². The van der Waals surface area contributed by atoms with E-state index < -0.39 is 5.97 Å². The van der Waals surface area contributed by atoms with Gasteiger partial charge >= 0.3 is 5.97 Å². The predicted molar refractivity (Wildman–Crippen MR) is 87.1 cm³/mol. The molecule has 0 bridgehead atoms. The molecule has 0 aliphatic rings. The largest absolute Gasteiger partial charge is 0.497 e. The summed E-state index contributed by atoms with van der Waals surface area (Å²) < 4.78 is 12.2. The van der Waals surface area contributed by atoms with Gasteiger partial charge in [0.1, 0.15) is 18.0 Å². The van der Waals surface area contributed by atoms with Gasteiger partial charge < -0.3 is 9.47 Å². The van der Waals surface area contributed by atoms with Crippen molar-refractivity contribution in [2.45, 2.75) is 13.5 Å². The van der Waals surface area contributed by atoms with Gasteiger partial charge in [0.2, 0.25) is 0 Å². The van der Waals surface area contributed by atoms with E-state index in [1.807, 2.05) is 12.1 Å². The SMILES string of the molecule is COc1ccn2c(C(=O)OCc3ccc(Cl)cc3)c(C)nc2c1. The number of rotatable bonds is 4. The van der Waals surface area contributed by atoms with E-state index in [9.17, 15) is 4.79 Å². The van der Waals surface area contributed by atoms with Gasteiger partial charge in [-0.15, -0.1) is 0 Å². The lowest BCUT2D eigenvalue weighted by Crippen LogP contribution is -2.09. The summed E-state index contributed by atoms with van der Waals surface area (Å²) in [6.07, 6.45) is 1.74. The van der Waals surface area contributed by atoms with Gasteiger partial charge in [0.25, 0.3) is 0 Å². The molecule has 0 amide bonds. The molecule has 0 N–H and O–H groups in total. The maximum atomic E-state index is 12.4. The fourth-order valence-electron chi connectivity index (χ4n) is 2.31. The quantitative estimate of drug-likeness (QED) is 0.685. The standard InChI is InChI=1S/C17H15ClN2O3/c1-11-16(20-8-7-14(22-2)9-15(20)19-11)17(21)23-10-12-3-5-13(18)6-4-12/h3-9H,10H2,1-2H3. The van der Waals surface area contributed by atoms with Crippen molar-refractivity contribution >= 4 is 23.2 Å². The van der Waals surface area contributed by atoms with Crippen molar-refractivity contribution in [2.24, 2.45) is 0 Å². The molecule has 0 saturated heterocycles. The van der Waals surface area contributed by atoms with Gasteiger partial charge in [0.05, 0.1) is 12.8 Å². The number of hydrogen-bond acceptors (Lipinski definition) is 4. The van der Waals surface area contributed by atoms with Gasteiger partial charge in [0.15, 0.2) is 5.69 Å². The van der Waals surface area contributed by atoms with Crippen molar-refractivity contribution in [3.05, 3.63) is 64.6 Å². The summed E-state index contributed by atoms with van der Waals surface area (Å²) >= 11 is 5.84. The number of methoxy groups -OCH3 is 1. The number of nitrogens with zero attached hydrogens (tertiary/aromatic N) is 2. The van der Waals surface area contributed by atoms with Crippen LogP contribution >= 0.6 is 11.6 Å². The van der Waals surface area contributed by atoms with Gasteiger partial charge in [-0.05, 0) is 30.7 Å². The molecule has 3 aromatic rings. The number of fused-ring (bicyclic) bond motifs is 1. The zero-order chi connectivity index (χ0) is 16.4. The highest BCUT2D eigenvalue weighted by molar-refractivity contribution is 6.30. The summed E-state index contributed by atoms with van der Waals surface area (Å²) in [7, 11) is 1.59. The molecule has 0 atom stereocenters. The van der Waals surface area contributed by atoms with E-state index >= 15 is 0 Å². The fraction of sp³-hybridized carbons (Fsp3) is 0.176. The molecule has 0 radical (unpaired) electrons.